The van der Waals surface area contributed by atoms with Crippen molar-refractivity contribution in [1.82, 2.24) is 5.16 Å². The van der Waals surface area contributed by atoms with E-state index in [2.05, 4.69) is 15.8 Å². The third-order valence-corrected chi connectivity index (χ3v) is 3.75. The Balaban J connectivity index is 1.96. The second-order valence-electron chi connectivity index (χ2n) is 4.82. The standard InChI is InChI=1S/C15H17F2N3O2S/c1-3-12(14(21)19-13-8-9(2)22-20-13)18-10-4-6-11(7-5-10)23-15(16)17/h4-8,12,15,18H,3H2,1-2H3,(H,19,20,21). The van der Waals surface area contributed by atoms with E-state index >= 15 is 0 Å². The Morgan fingerprint density at radius 3 is 2.57 bits per heavy atom. The Morgan fingerprint density at radius 2 is 2.04 bits per heavy atom. The molecule has 0 aliphatic heterocycles. The lowest BCUT2D eigenvalue weighted by Crippen LogP contribution is -2.34. The number of amides is 1. The van der Waals surface area contributed by atoms with Crippen LogP contribution in [0, 0.1) is 6.92 Å². The minimum atomic E-state index is -2.45. The number of aromatic nitrogens is 1. The molecule has 0 spiro atoms. The van der Waals surface area contributed by atoms with Crippen molar-refractivity contribution in [3.05, 3.63) is 36.1 Å². The molecule has 2 aromatic rings. The molecular weight excluding hydrogens is 324 g/mol. The number of hydrogen-bond donors (Lipinski definition) is 2. The third kappa shape index (κ3) is 5.24. The molecule has 1 heterocycles. The number of nitrogens with zero attached hydrogens (tertiary/aromatic N) is 1. The van der Waals surface area contributed by atoms with Gasteiger partial charge >= 0.3 is 0 Å². The van der Waals surface area contributed by atoms with E-state index in [1.807, 2.05) is 6.92 Å². The molecule has 5 nitrogen and oxygen atoms in total. The average molecular weight is 341 g/mol. The maximum absolute atomic E-state index is 12.3. The first kappa shape index (κ1) is 17.3. The summed E-state index contributed by atoms with van der Waals surface area (Å²) in [6.45, 7) is 3.60. The number of benzene rings is 1. The number of alkyl halides is 2. The summed E-state index contributed by atoms with van der Waals surface area (Å²) < 4.78 is 29.5. The number of halogens is 2. The maximum Gasteiger partial charge on any atom is 0.288 e. The van der Waals surface area contributed by atoms with Crippen LogP contribution in [0.4, 0.5) is 20.3 Å². The molecule has 0 aliphatic carbocycles. The summed E-state index contributed by atoms with van der Waals surface area (Å²) in [7, 11) is 0. The largest absolute Gasteiger partial charge is 0.374 e. The molecule has 2 rings (SSSR count). The molecule has 1 unspecified atom stereocenters. The van der Waals surface area contributed by atoms with Crippen molar-refractivity contribution in [3.63, 3.8) is 0 Å². The van der Waals surface area contributed by atoms with Gasteiger partial charge in [0.25, 0.3) is 5.76 Å². The molecule has 1 atom stereocenters. The molecule has 8 heteroatoms. The number of nitrogens with one attached hydrogen (secondary N) is 2. The summed E-state index contributed by atoms with van der Waals surface area (Å²) in [5.41, 5.74) is 0.682. The highest BCUT2D eigenvalue weighted by Crippen LogP contribution is 2.26. The topological polar surface area (TPSA) is 67.2 Å². The highest BCUT2D eigenvalue weighted by Gasteiger charge is 2.17. The number of hydrogen-bond acceptors (Lipinski definition) is 5. The van der Waals surface area contributed by atoms with Crippen LogP contribution in [0.2, 0.25) is 0 Å². The van der Waals surface area contributed by atoms with E-state index in [1.165, 1.54) is 0 Å². The lowest BCUT2D eigenvalue weighted by molar-refractivity contribution is -0.117. The van der Waals surface area contributed by atoms with Gasteiger partial charge in [-0.1, -0.05) is 23.8 Å². The van der Waals surface area contributed by atoms with Crippen LogP contribution in [0.25, 0.3) is 0 Å². The molecule has 0 aliphatic rings. The van der Waals surface area contributed by atoms with Gasteiger partial charge in [0, 0.05) is 16.6 Å². The minimum Gasteiger partial charge on any atom is -0.374 e. The molecule has 2 N–H and O–H groups in total. The first-order chi connectivity index (χ1) is 11.0. The van der Waals surface area contributed by atoms with Crippen molar-refractivity contribution in [2.75, 3.05) is 10.6 Å². The summed E-state index contributed by atoms with van der Waals surface area (Å²) in [6, 6.07) is 7.67. The molecule has 0 radical (unpaired) electrons. The van der Waals surface area contributed by atoms with Gasteiger partial charge in [0.05, 0.1) is 0 Å². The van der Waals surface area contributed by atoms with Crippen molar-refractivity contribution in [2.24, 2.45) is 0 Å². The fourth-order valence-corrected chi connectivity index (χ4v) is 2.42. The van der Waals surface area contributed by atoms with E-state index < -0.39 is 11.8 Å². The predicted molar refractivity (Wildman–Crippen MR) is 85.9 cm³/mol. The van der Waals surface area contributed by atoms with Crippen LogP contribution in [0.15, 0.2) is 39.8 Å². The van der Waals surface area contributed by atoms with Gasteiger partial charge in [0.1, 0.15) is 11.8 Å². The number of anilines is 2. The van der Waals surface area contributed by atoms with Crippen molar-refractivity contribution < 1.29 is 18.1 Å². The third-order valence-electron chi connectivity index (χ3n) is 3.02. The van der Waals surface area contributed by atoms with Gasteiger partial charge in [-0.05, 0) is 37.6 Å². The Morgan fingerprint density at radius 1 is 1.35 bits per heavy atom. The van der Waals surface area contributed by atoms with Gasteiger partial charge in [-0.3, -0.25) is 4.79 Å². The molecule has 23 heavy (non-hydrogen) atoms. The van der Waals surface area contributed by atoms with Crippen LogP contribution in [0.5, 0.6) is 0 Å². The van der Waals surface area contributed by atoms with Crippen molar-refractivity contribution in [1.29, 1.82) is 0 Å². The molecule has 1 aromatic heterocycles. The van der Waals surface area contributed by atoms with Gasteiger partial charge in [0.2, 0.25) is 5.91 Å². The lowest BCUT2D eigenvalue weighted by atomic mass is 10.2. The van der Waals surface area contributed by atoms with Gasteiger partial charge in [-0.2, -0.15) is 8.78 Å². The molecule has 1 aromatic carbocycles. The Bertz CT molecular complexity index is 646. The molecule has 0 saturated heterocycles. The Labute approximate surface area is 136 Å². The smallest absolute Gasteiger partial charge is 0.288 e. The monoisotopic (exact) mass is 341 g/mol. The summed E-state index contributed by atoms with van der Waals surface area (Å²) >= 11 is 0.483. The van der Waals surface area contributed by atoms with Crippen LogP contribution in [0.3, 0.4) is 0 Å². The lowest BCUT2D eigenvalue weighted by Gasteiger charge is -2.17. The van der Waals surface area contributed by atoms with E-state index in [0.717, 1.165) is 0 Å². The first-order valence-electron chi connectivity index (χ1n) is 7.03. The number of carbonyl (C=O) groups excluding carboxylic acids is 1. The Kier molecular flexibility index (Phi) is 5.97. The predicted octanol–water partition coefficient (Wildman–Crippen LogP) is 4.13. The quantitative estimate of drug-likeness (QED) is 0.741. The molecule has 1 amide bonds. The number of carbonyl (C=O) groups is 1. The van der Waals surface area contributed by atoms with Gasteiger partial charge in [0.15, 0.2) is 5.82 Å². The van der Waals surface area contributed by atoms with Gasteiger partial charge in [-0.25, -0.2) is 0 Å². The maximum atomic E-state index is 12.3. The SMILES string of the molecule is CCC(Nc1ccc(SC(F)F)cc1)C(=O)Nc1cc(C)on1. The molecule has 124 valence electrons. The van der Waals surface area contributed by atoms with Crippen molar-refractivity contribution in [2.45, 2.75) is 37.0 Å². The average Bonchev–Trinajstić information content (AvgIpc) is 2.91. The Hall–Kier alpha value is -2.09. The summed E-state index contributed by atoms with van der Waals surface area (Å²) in [5, 5.41) is 9.44. The van der Waals surface area contributed by atoms with E-state index in [0.29, 0.717) is 40.3 Å². The second kappa shape index (κ2) is 7.96. The van der Waals surface area contributed by atoms with Crippen LogP contribution >= 0.6 is 11.8 Å². The fourth-order valence-electron chi connectivity index (χ4n) is 1.93. The second-order valence-corrected chi connectivity index (χ2v) is 5.88. The van der Waals surface area contributed by atoms with E-state index in [9.17, 15) is 13.6 Å². The molecular formula is C15H17F2N3O2S. The number of thioether (sulfide) groups is 1. The normalized spacial score (nSPS) is 12.2. The van der Waals surface area contributed by atoms with Crippen LogP contribution in [0.1, 0.15) is 19.1 Å². The zero-order chi connectivity index (χ0) is 16.8. The number of aryl methyl sites for hydroxylation is 1. The van der Waals surface area contributed by atoms with Crippen molar-refractivity contribution in [3.8, 4) is 0 Å². The fraction of sp³-hybridized carbons (Fsp3) is 0.333. The van der Waals surface area contributed by atoms with Gasteiger partial charge in [-0.15, -0.1) is 0 Å². The summed E-state index contributed by atoms with van der Waals surface area (Å²) in [6.07, 6.45) is 0.552. The summed E-state index contributed by atoms with van der Waals surface area (Å²) in [4.78, 5) is 12.7. The van der Waals surface area contributed by atoms with Crippen LogP contribution in [-0.4, -0.2) is 22.9 Å². The van der Waals surface area contributed by atoms with E-state index in [-0.39, 0.29) is 5.91 Å². The number of rotatable bonds is 7. The zero-order valence-corrected chi connectivity index (χ0v) is 13.5. The first-order valence-corrected chi connectivity index (χ1v) is 7.91. The van der Waals surface area contributed by atoms with Crippen molar-refractivity contribution >= 4 is 29.2 Å². The molecule has 0 fully saturated rings. The van der Waals surface area contributed by atoms with E-state index in [4.69, 9.17) is 4.52 Å². The highest BCUT2D eigenvalue weighted by atomic mass is 32.2. The van der Waals surface area contributed by atoms with Gasteiger partial charge < -0.3 is 15.2 Å². The van der Waals surface area contributed by atoms with Crippen LogP contribution in [-0.2, 0) is 4.79 Å². The molecule has 0 saturated carbocycles. The molecule has 0 bridgehead atoms. The zero-order valence-electron chi connectivity index (χ0n) is 12.7. The minimum absolute atomic E-state index is 0.244. The van der Waals surface area contributed by atoms with Crippen LogP contribution < -0.4 is 10.6 Å². The highest BCUT2D eigenvalue weighted by molar-refractivity contribution is 7.99. The summed E-state index contributed by atoms with van der Waals surface area (Å²) in [5.74, 6) is -1.73. The van der Waals surface area contributed by atoms with E-state index in [1.54, 1.807) is 37.3 Å².